The first-order chi connectivity index (χ1) is 13.9. The van der Waals surface area contributed by atoms with Crippen LogP contribution in [0.2, 0.25) is 0 Å². The molecule has 1 saturated heterocycles. The van der Waals surface area contributed by atoms with Gasteiger partial charge in [0.1, 0.15) is 16.5 Å². The summed E-state index contributed by atoms with van der Waals surface area (Å²) in [6.45, 7) is 5.93. The van der Waals surface area contributed by atoms with Crippen molar-refractivity contribution in [3.8, 4) is 0 Å². The van der Waals surface area contributed by atoms with E-state index in [0.29, 0.717) is 32.6 Å². The zero-order valence-corrected chi connectivity index (χ0v) is 17.3. The van der Waals surface area contributed by atoms with Crippen LogP contribution < -0.4 is 0 Å². The van der Waals surface area contributed by atoms with Crippen molar-refractivity contribution in [2.24, 2.45) is 0 Å². The van der Waals surface area contributed by atoms with Gasteiger partial charge >= 0.3 is 0 Å². The Kier molecular flexibility index (Phi) is 5.26. The molecule has 1 aromatic carbocycles. The second-order valence-electron chi connectivity index (χ2n) is 7.35. The lowest BCUT2D eigenvalue weighted by molar-refractivity contribution is 0.469. The van der Waals surface area contributed by atoms with Crippen molar-refractivity contribution in [3.63, 3.8) is 0 Å². The topological polar surface area (TPSA) is 73.0 Å². The van der Waals surface area contributed by atoms with Gasteiger partial charge in [0.25, 0.3) is 0 Å². The molecule has 0 spiro atoms. The van der Waals surface area contributed by atoms with Gasteiger partial charge in [0.05, 0.1) is 6.20 Å². The summed E-state index contributed by atoms with van der Waals surface area (Å²) in [6, 6.07) is 6.41. The normalized spacial score (nSPS) is 17.8. The number of sulfonamides is 1. The molecule has 0 bridgehead atoms. The molecule has 1 fully saturated rings. The Balaban J connectivity index is 1.54. The second-order valence-corrected chi connectivity index (χ2v) is 9.29. The van der Waals surface area contributed by atoms with Gasteiger partial charge in [-0.2, -0.15) is 9.40 Å². The summed E-state index contributed by atoms with van der Waals surface area (Å²) < 4.78 is 44.3. The Labute approximate surface area is 169 Å². The summed E-state index contributed by atoms with van der Waals surface area (Å²) in [5.74, 6) is 0.619. The van der Waals surface area contributed by atoms with Gasteiger partial charge in [-0.15, -0.1) is 0 Å². The molecule has 3 aromatic rings. The van der Waals surface area contributed by atoms with Gasteiger partial charge in [-0.1, -0.05) is 12.1 Å². The Bertz CT molecular complexity index is 1100. The van der Waals surface area contributed by atoms with Crippen molar-refractivity contribution in [2.75, 3.05) is 13.1 Å². The van der Waals surface area contributed by atoms with Crippen molar-refractivity contribution in [1.29, 1.82) is 0 Å². The molecule has 4 rings (SSSR count). The van der Waals surface area contributed by atoms with Gasteiger partial charge in [0, 0.05) is 50.2 Å². The molecular formula is C20H24FN5O2S. The van der Waals surface area contributed by atoms with Crippen LogP contribution in [0.1, 0.15) is 36.3 Å². The molecule has 29 heavy (non-hydrogen) atoms. The number of aromatic nitrogens is 4. The summed E-state index contributed by atoms with van der Waals surface area (Å²) in [6.07, 6.45) is 5.50. The molecule has 1 atom stereocenters. The van der Waals surface area contributed by atoms with E-state index in [2.05, 4.69) is 14.6 Å². The number of hydrogen-bond acceptors (Lipinski definition) is 4. The molecule has 0 amide bonds. The van der Waals surface area contributed by atoms with Crippen LogP contribution in [0.3, 0.4) is 0 Å². The van der Waals surface area contributed by atoms with Gasteiger partial charge in [-0.25, -0.2) is 17.8 Å². The van der Waals surface area contributed by atoms with Gasteiger partial charge in [0.15, 0.2) is 0 Å². The lowest BCUT2D eigenvalue weighted by Gasteiger charge is -2.17. The van der Waals surface area contributed by atoms with E-state index in [1.807, 2.05) is 13.8 Å². The van der Waals surface area contributed by atoms with Crippen molar-refractivity contribution < 1.29 is 12.8 Å². The number of imidazole rings is 1. The zero-order valence-electron chi connectivity index (χ0n) is 16.5. The maximum absolute atomic E-state index is 13.2. The van der Waals surface area contributed by atoms with Crippen LogP contribution in [0.15, 0.2) is 47.8 Å². The monoisotopic (exact) mass is 417 g/mol. The van der Waals surface area contributed by atoms with Crippen molar-refractivity contribution >= 4 is 10.0 Å². The van der Waals surface area contributed by atoms with Crippen LogP contribution in [0.25, 0.3) is 0 Å². The number of benzene rings is 1. The van der Waals surface area contributed by atoms with Gasteiger partial charge < -0.3 is 4.57 Å². The van der Waals surface area contributed by atoms with Gasteiger partial charge in [-0.05, 0) is 38.0 Å². The summed E-state index contributed by atoms with van der Waals surface area (Å²) >= 11 is 0. The number of aryl methyl sites for hydroxylation is 2. The van der Waals surface area contributed by atoms with E-state index in [9.17, 15) is 12.8 Å². The Morgan fingerprint density at radius 1 is 1.21 bits per heavy atom. The standard InChI is InChI=1S/C20H24FN5O2S/c1-3-24-14-19(11-23-24)29(27,28)25-9-8-17(13-25)20-22-10-15(2)26(20)12-16-4-6-18(21)7-5-16/h4-7,10-11,14,17H,3,8-9,12-13H2,1-2H3. The third-order valence-electron chi connectivity index (χ3n) is 5.43. The molecule has 9 heteroatoms. The zero-order chi connectivity index (χ0) is 20.6. The highest BCUT2D eigenvalue weighted by Crippen LogP contribution is 2.31. The summed E-state index contributed by atoms with van der Waals surface area (Å²) in [5, 5.41) is 4.09. The predicted octanol–water partition coefficient (Wildman–Crippen LogP) is 2.77. The minimum Gasteiger partial charge on any atom is -0.328 e. The fraction of sp³-hybridized carbons (Fsp3) is 0.400. The highest BCUT2D eigenvalue weighted by atomic mass is 32.2. The molecule has 7 nitrogen and oxygen atoms in total. The third kappa shape index (κ3) is 3.84. The summed E-state index contributed by atoms with van der Waals surface area (Å²) in [5.41, 5.74) is 1.97. The number of nitrogens with zero attached hydrogens (tertiary/aromatic N) is 5. The lowest BCUT2D eigenvalue weighted by atomic mass is 10.1. The molecule has 1 unspecified atom stereocenters. The molecule has 154 valence electrons. The average molecular weight is 418 g/mol. The molecular weight excluding hydrogens is 393 g/mol. The third-order valence-corrected chi connectivity index (χ3v) is 7.25. The quantitative estimate of drug-likeness (QED) is 0.618. The van der Waals surface area contributed by atoms with E-state index in [1.54, 1.807) is 29.2 Å². The predicted molar refractivity (Wildman–Crippen MR) is 106 cm³/mol. The van der Waals surface area contributed by atoms with Crippen molar-refractivity contribution in [2.45, 2.75) is 44.2 Å². The molecule has 0 radical (unpaired) electrons. The summed E-state index contributed by atoms with van der Waals surface area (Å²) in [4.78, 5) is 4.80. The first-order valence-electron chi connectivity index (χ1n) is 9.67. The van der Waals surface area contributed by atoms with Crippen LogP contribution in [-0.2, 0) is 23.1 Å². The Hall–Kier alpha value is -2.52. The van der Waals surface area contributed by atoms with Crippen LogP contribution >= 0.6 is 0 Å². The van der Waals surface area contributed by atoms with E-state index < -0.39 is 10.0 Å². The van der Waals surface area contributed by atoms with E-state index >= 15 is 0 Å². The molecule has 0 saturated carbocycles. The average Bonchev–Trinajstić information content (AvgIpc) is 3.44. The highest BCUT2D eigenvalue weighted by Gasteiger charge is 2.36. The van der Waals surface area contributed by atoms with Crippen LogP contribution in [0.5, 0.6) is 0 Å². The first-order valence-corrected chi connectivity index (χ1v) is 11.1. The van der Waals surface area contributed by atoms with Crippen molar-refractivity contribution in [3.05, 3.63) is 65.8 Å². The molecule has 1 aliphatic rings. The molecule has 0 aliphatic carbocycles. The lowest BCUT2D eigenvalue weighted by Crippen LogP contribution is -2.28. The van der Waals surface area contributed by atoms with E-state index in [1.165, 1.54) is 22.6 Å². The maximum Gasteiger partial charge on any atom is 0.246 e. The smallest absolute Gasteiger partial charge is 0.246 e. The number of hydrogen-bond donors (Lipinski definition) is 0. The summed E-state index contributed by atoms with van der Waals surface area (Å²) in [7, 11) is -3.57. The number of halogens is 1. The minimum atomic E-state index is -3.57. The molecule has 0 N–H and O–H groups in total. The second kappa shape index (κ2) is 7.72. The van der Waals surface area contributed by atoms with Crippen LogP contribution in [0, 0.1) is 12.7 Å². The molecule has 1 aliphatic heterocycles. The van der Waals surface area contributed by atoms with Crippen LogP contribution in [0.4, 0.5) is 4.39 Å². The Morgan fingerprint density at radius 2 is 1.97 bits per heavy atom. The first kappa shape index (κ1) is 19.8. The molecule has 3 heterocycles. The van der Waals surface area contributed by atoms with E-state index in [0.717, 1.165) is 17.1 Å². The fourth-order valence-electron chi connectivity index (χ4n) is 3.74. The molecule has 2 aromatic heterocycles. The van der Waals surface area contributed by atoms with E-state index in [4.69, 9.17) is 0 Å². The van der Waals surface area contributed by atoms with Crippen LogP contribution in [-0.4, -0.2) is 45.1 Å². The highest BCUT2D eigenvalue weighted by molar-refractivity contribution is 7.89. The maximum atomic E-state index is 13.2. The largest absolute Gasteiger partial charge is 0.328 e. The van der Waals surface area contributed by atoms with Crippen molar-refractivity contribution in [1.82, 2.24) is 23.6 Å². The van der Waals surface area contributed by atoms with Gasteiger partial charge in [0.2, 0.25) is 10.0 Å². The van der Waals surface area contributed by atoms with E-state index in [-0.39, 0.29) is 16.6 Å². The number of rotatable bonds is 6. The fourth-order valence-corrected chi connectivity index (χ4v) is 5.20. The Morgan fingerprint density at radius 3 is 2.66 bits per heavy atom. The SMILES string of the molecule is CCn1cc(S(=O)(=O)N2CCC(c3ncc(C)n3Cc3ccc(F)cc3)C2)cn1. The minimum absolute atomic E-state index is 0.0140. The van der Waals surface area contributed by atoms with Gasteiger partial charge in [-0.3, -0.25) is 4.68 Å².